The highest BCUT2D eigenvalue weighted by atomic mass is 16.1. The van der Waals surface area contributed by atoms with Crippen molar-refractivity contribution in [3.63, 3.8) is 0 Å². The van der Waals surface area contributed by atoms with Crippen molar-refractivity contribution in [2.45, 2.75) is 26.7 Å². The number of rotatable bonds is 5. The van der Waals surface area contributed by atoms with Gasteiger partial charge in [0.25, 0.3) is 0 Å². The van der Waals surface area contributed by atoms with Gasteiger partial charge in [0, 0.05) is 18.9 Å². The van der Waals surface area contributed by atoms with Crippen LogP contribution in [0.15, 0.2) is 30.6 Å². The number of nitrogens with zero attached hydrogens (tertiary/aromatic N) is 2. The van der Waals surface area contributed by atoms with Gasteiger partial charge in [-0.2, -0.15) is 0 Å². The lowest BCUT2D eigenvalue weighted by atomic mass is 10.0. The number of carbonyl (C=O) groups excluding carboxylic acids is 1. The lowest BCUT2D eigenvalue weighted by Crippen LogP contribution is -2.02. The van der Waals surface area contributed by atoms with E-state index in [9.17, 15) is 4.79 Å². The van der Waals surface area contributed by atoms with Crippen LogP contribution in [0.25, 0.3) is 10.9 Å². The Kier molecular flexibility index (Phi) is 4.45. The Morgan fingerprint density at radius 1 is 1.35 bits per heavy atom. The van der Waals surface area contributed by atoms with Crippen LogP contribution < -0.4 is 5.32 Å². The van der Waals surface area contributed by atoms with Gasteiger partial charge in [-0.25, -0.2) is 9.97 Å². The van der Waals surface area contributed by atoms with Crippen LogP contribution in [0.1, 0.15) is 24.5 Å². The Labute approximate surface area is 118 Å². The molecule has 4 nitrogen and oxygen atoms in total. The summed E-state index contributed by atoms with van der Waals surface area (Å²) in [4.78, 5) is 20.4. The first-order valence-electron chi connectivity index (χ1n) is 6.77. The second-order valence-corrected chi connectivity index (χ2v) is 4.72. The normalized spacial score (nSPS) is 11.2. The molecule has 0 unspecified atom stereocenters. The van der Waals surface area contributed by atoms with Gasteiger partial charge in [0.05, 0.1) is 5.52 Å². The molecule has 20 heavy (non-hydrogen) atoms. The van der Waals surface area contributed by atoms with E-state index in [2.05, 4.69) is 15.3 Å². The first-order chi connectivity index (χ1) is 9.65. The van der Waals surface area contributed by atoms with Crippen LogP contribution in [0.2, 0.25) is 0 Å². The van der Waals surface area contributed by atoms with Crippen LogP contribution in [0.3, 0.4) is 0 Å². The van der Waals surface area contributed by atoms with Gasteiger partial charge in [-0.1, -0.05) is 13.0 Å². The molecular weight excluding hydrogens is 250 g/mol. The smallest absolute Gasteiger partial charge is 0.159 e. The van der Waals surface area contributed by atoms with Crippen LogP contribution in [0, 0.1) is 6.92 Å². The van der Waals surface area contributed by atoms with E-state index in [0.717, 1.165) is 34.3 Å². The fourth-order valence-corrected chi connectivity index (χ4v) is 2.14. The third-order valence-electron chi connectivity index (χ3n) is 3.23. The van der Waals surface area contributed by atoms with Crippen LogP contribution in [-0.4, -0.2) is 22.8 Å². The molecule has 0 radical (unpaired) electrons. The number of nitrogens with one attached hydrogen (secondary N) is 1. The minimum absolute atomic E-state index is 0.122. The fraction of sp³-hybridized carbons (Fsp3) is 0.312. The van der Waals surface area contributed by atoms with E-state index in [-0.39, 0.29) is 5.78 Å². The summed E-state index contributed by atoms with van der Waals surface area (Å²) in [7, 11) is 1.83. The van der Waals surface area contributed by atoms with E-state index in [1.807, 2.05) is 39.1 Å². The summed E-state index contributed by atoms with van der Waals surface area (Å²) in [5.74, 6) is 0.907. The molecule has 0 saturated carbocycles. The third-order valence-corrected chi connectivity index (χ3v) is 3.23. The fourth-order valence-electron chi connectivity index (χ4n) is 2.14. The lowest BCUT2D eigenvalue weighted by Gasteiger charge is -2.09. The molecule has 1 heterocycles. The summed E-state index contributed by atoms with van der Waals surface area (Å²) >= 11 is 0. The monoisotopic (exact) mass is 269 g/mol. The first kappa shape index (κ1) is 14.2. The topological polar surface area (TPSA) is 54.9 Å². The van der Waals surface area contributed by atoms with Gasteiger partial charge in [-0.05, 0) is 42.7 Å². The van der Waals surface area contributed by atoms with Gasteiger partial charge in [-0.3, -0.25) is 4.79 Å². The zero-order chi connectivity index (χ0) is 14.5. The number of hydrogen-bond acceptors (Lipinski definition) is 4. The number of fused-ring (bicyclic) bond motifs is 1. The van der Waals surface area contributed by atoms with E-state index >= 15 is 0 Å². The third kappa shape index (κ3) is 3.02. The zero-order valence-corrected chi connectivity index (χ0v) is 12.1. The molecule has 2 aromatic rings. The second-order valence-electron chi connectivity index (χ2n) is 4.72. The van der Waals surface area contributed by atoms with Crippen molar-refractivity contribution >= 4 is 22.5 Å². The Balaban J connectivity index is 2.41. The maximum atomic E-state index is 11.9. The molecule has 0 spiro atoms. The Bertz CT molecular complexity index is 662. The van der Waals surface area contributed by atoms with Crippen molar-refractivity contribution in [3.8, 4) is 0 Å². The molecule has 0 amide bonds. The van der Waals surface area contributed by atoms with E-state index in [0.29, 0.717) is 6.42 Å². The summed E-state index contributed by atoms with van der Waals surface area (Å²) in [6.45, 7) is 4.02. The molecule has 0 aliphatic rings. The van der Waals surface area contributed by atoms with Gasteiger partial charge in [0.1, 0.15) is 12.1 Å². The molecule has 0 aliphatic heterocycles. The van der Waals surface area contributed by atoms with E-state index in [1.165, 1.54) is 0 Å². The van der Waals surface area contributed by atoms with E-state index in [4.69, 9.17) is 0 Å². The number of aryl methyl sites for hydroxylation is 1. The SMILES string of the molecule is CC/C=C/C(=O)Cc1cc2c(NC)ncnc2cc1C. The highest BCUT2D eigenvalue weighted by molar-refractivity contribution is 5.94. The average molecular weight is 269 g/mol. The van der Waals surface area contributed by atoms with Crippen LogP contribution >= 0.6 is 0 Å². The van der Waals surface area contributed by atoms with Gasteiger partial charge in [0.15, 0.2) is 5.78 Å². The van der Waals surface area contributed by atoms with Crippen molar-refractivity contribution in [1.82, 2.24) is 9.97 Å². The van der Waals surface area contributed by atoms with Gasteiger partial charge >= 0.3 is 0 Å². The maximum absolute atomic E-state index is 11.9. The number of ketones is 1. The highest BCUT2D eigenvalue weighted by Gasteiger charge is 2.09. The molecule has 1 N–H and O–H groups in total. The van der Waals surface area contributed by atoms with Crippen LogP contribution in [-0.2, 0) is 11.2 Å². The van der Waals surface area contributed by atoms with Crippen molar-refractivity contribution in [1.29, 1.82) is 0 Å². The molecular formula is C16H19N3O. The highest BCUT2D eigenvalue weighted by Crippen LogP contribution is 2.23. The molecule has 0 bridgehead atoms. The van der Waals surface area contributed by atoms with Crippen LogP contribution in [0.4, 0.5) is 5.82 Å². The molecule has 104 valence electrons. The zero-order valence-electron chi connectivity index (χ0n) is 12.1. The van der Waals surface area contributed by atoms with Crippen molar-refractivity contribution in [2.75, 3.05) is 12.4 Å². The second kappa shape index (κ2) is 6.28. The number of hydrogen-bond donors (Lipinski definition) is 1. The van der Waals surface area contributed by atoms with E-state index < -0.39 is 0 Å². The Hall–Kier alpha value is -2.23. The molecule has 0 aliphatic carbocycles. The largest absolute Gasteiger partial charge is 0.373 e. The predicted octanol–water partition coefficient (Wildman–Crippen LogP) is 3.06. The molecule has 2 rings (SSSR count). The number of anilines is 1. The summed E-state index contributed by atoms with van der Waals surface area (Å²) in [5, 5.41) is 4.00. The standard InChI is InChI=1S/C16H19N3O/c1-4-5-6-13(20)8-12-9-14-15(7-11(12)2)18-10-19-16(14)17-3/h5-7,9-10H,4,8H2,1-3H3,(H,17,18,19)/b6-5+. The average Bonchev–Trinajstić information content (AvgIpc) is 2.45. The molecule has 1 aromatic carbocycles. The molecule has 1 aromatic heterocycles. The number of allylic oxidation sites excluding steroid dienone is 2. The Morgan fingerprint density at radius 2 is 2.15 bits per heavy atom. The van der Waals surface area contributed by atoms with Crippen molar-refractivity contribution in [3.05, 3.63) is 41.7 Å². The number of aromatic nitrogens is 2. The molecule has 0 fully saturated rings. The molecule has 4 heteroatoms. The molecule has 0 saturated heterocycles. The van der Waals surface area contributed by atoms with Crippen molar-refractivity contribution < 1.29 is 4.79 Å². The van der Waals surface area contributed by atoms with Gasteiger partial charge in [-0.15, -0.1) is 0 Å². The Morgan fingerprint density at radius 3 is 2.85 bits per heavy atom. The predicted molar refractivity (Wildman–Crippen MR) is 82.0 cm³/mol. The van der Waals surface area contributed by atoms with Gasteiger partial charge in [0.2, 0.25) is 0 Å². The van der Waals surface area contributed by atoms with Crippen molar-refractivity contribution in [2.24, 2.45) is 0 Å². The minimum Gasteiger partial charge on any atom is -0.373 e. The maximum Gasteiger partial charge on any atom is 0.159 e. The quantitative estimate of drug-likeness (QED) is 0.848. The van der Waals surface area contributed by atoms with E-state index in [1.54, 1.807) is 12.4 Å². The number of benzene rings is 1. The lowest BCUT2D eigenvalue weighted by molar-refractivity contribution is -0.114. The number of carbonyl (C=O) groups is 1. The first-order valence-corrected chi connectivity index (χ1v) is 6.77. The molecule has 0 atom stereocenters. The summed E-state index contributed by atoms with van der Waals surface area (Å²) < 4.78 is 0. The summed E-state index contributed by atoms with van der Waals surface area (Å²) in [6.07, 6.45) is 6.38. The van der Waals surface area contributed by atoms with Crippen LogP contribution in [0.5, 0.6) is 0 Å². The van der Waals surface area contributed by atoms with Gasteiger partial charge < -0.3 is 5.32 Å². The minimum atomic E-state index is 0.122. The summed E-state index contributed by atoms with van der Waals surface area (Å²) in [5.41, 5.74) is 2.99. The summed E-state index contributed by atoms with van der Waals surface area (Å²) in [6, 6.07) is 4.01.